The Hall–Kier alpha value is -1.68. The zero-order valence-electron chi connectivity index (χ0n) is 16.3. The monoisotopic (exact) mass is 501 g/mol. The van der Waals surface area contributed by atoms with Crippen molar-refractivity contribution in [3.8, 4) is 0 Å². The number of hydrogen-bond donors (Lipinski definition) is 3. The molecule has 0 aliphatic carbocycles. The van der Waals surface area contributed by atoms with Crippen LogP contribution in [-0.4, -0.2) is 30.4 Å². The predicted molar refractivity (Wildman–Crippen MR) is 123 cm³/mol. The Bertz CT molecular complexity index is 756. The number of nitrogens with one attached hydrogen (secondary N) is 3. The van der Waals surface area contributed by atoms with Crippen LogP contribution < -0.4 is 16.0 Å². The molecule has 148 valence electrons. The summed E-state index contributed by atoms with van der Waals surface area (Å²) in [5.41, 5.74) is 2.78. The molecule has 1 aromatic heterocycles. The zero-order valence-corrected chi connectivity index (χ0v) is 19.4. The molecule has 0 aliphatic heterocycles. The van der Waals surface area contributed by atoms with Crippen molar-refractivity contribution in [2.75, 3.05) is 13.6 Å². The van der Waals surface area contributed by atoms with E-state index in [-0.39, 0.29) is 29.9 Å². The van der Waals surface area contributed by atoms with Gasteiger partial charge in [0.05, 0.1) is 12.2 Å². The number of hydrogen-bond acceptors (Lipinski definition) is 4. The molecule has 1 amide bonds. The van der Waals surface area contributed by atoms with Crippen molar-refractivity contribution in [2.45, 2.75) is 40.3 Å². The molecule has 0 spiro atoms. The summed E-state index contributed by atoms with van der Waals surface area (Å²) in [4.78, 5) is 22.1. The molecule has 27 heavy (non-hydrogen) atoms. The van der Waals surface area contributed by atoms with E-state index in [0.717, 1.165) is 22.7 Å². The first-order valence-corrected chi connectivity index (χ1v) is 9.59. The van der Waals surface area contributed by atoms with Crippen LogP contribution in [0.25, 0.3) is 0 Å². The van der Waals surface area contributed by atoms with Crippen LogP contribution >= 0.6 is 35.3 Å². The molecule has 2 aromatic rings. The van der Waals surface area contributed by atoms with E-state index in [1.165, 1.54) is 4.88 Å². The molecule has 3 N–H and O–H groups in total. The Labute approximate surface area is 182 Å². The maximum atomic E-state index is 12.1. The van der Waals surface area contributed by atoms with Crippen molar-refractivity contribution in [1.82, 2.24) is 20.9 Å². The molecule has 0 aliphatic rings. The van der Waals surface area contributed by atoms with Gasteiger partial charge in [-0.1, -0.05) is 19.1 Å². The number of benzene rings is 1. The Kier molecular flexibility index (Phi) is 10.3. The number of aliphatic imine (C=N–C) groups is 1. The van der Waals surface area contributed by atoms with Crippen LogP contribution in [0.1, 0.15) is 44.8 Å². The summed E-state index contributed by atoms with van der Waals surface area (Å²) in [6, 6.07) is 7.62. The minimum atomic E-state index is -0.0364. The molecule has 1 aromatic carbocycles. The lowest BCUT2D eigenvalue weighted by atomic mass is 10.1. The molecule has 0 atom stereocenters. The maximum Gasteiger partial charge on any atom is 0.251 e. The summed E-state index contributed by atoms with van der Waals surface area (Å²) in [5, 5.41) is 10.5. The number of nitrogens with zero attached hydrogens (tertiary/aromatic N) is 2. The van der Waals surface area contributed by atoms with Gasteiger partial charge in [-0.05, 0) is 38.0 Å². The van der Waals surface area contributed by atoms with E-state index in [4.69, 9.17) is 0 Å². The Morgan fingerprint density at radius 2 is 1.93 bits per heavy atom. The van der Waals surface area contributed by atoms with E-state index in [9.17, 15) is 4.79 Å². The number of rotatable bonds is 7. The molecule has 6 nitrogen and oxygen atoms in total. The van der Waals surface area contributed by atoms with Gasteiger partial charge in [0.25, 0.3) is 5.91 Å². The highest BCUT2D eigenvalue weighted by Gasteiger charge is 2.07. The maximum absolute atomic E-state index is 12.1. The van der Waals surface area contributed by atoms with Crippen molar-refractivity contribution >= 4 is 47.2 Å². The zero-order chi connectivity index (χ0) is 18.9. The third kappa shape index (κ3) is 7.45. The second-order valence-corrected chi connectivity index (χ2v) is 7.27. The van der Waals surface area contributed by atoms with Crippen LogP contribution in [0.5, 0.6) is 0 Å². The molecule has 8 heteroatoms. The first-order chi connectivity index (χ1) is 12.5. The Balaban J connectivity index is 0.00000364. The number of amides is 1. The standard InChI is InChI=1S/C19H27N5OS.HI/c1-5-9-21-18(25)16-8-6-7-15(10-16)11-22-19(20-4)23-12-17-24-13(2)14(3)26-17;/h6-8,10H,5,9,11-12H2,1-4H3,(H,21,25)(H2,20,22,23);1H. The molecule has 0 unspecified atom stereocenters. The van der Waals surface area contributed by atoms with E-state index in [1.807, 2.05) is 38.1 Å². The fourth-order valence-corrected chi connectivity index (χ4v) is 3.22. The Morgan fingerprint density at radius 3 is 2.56 bits per heavy atom. The number of aryl methyl sites for hydroxylation is 2. The number of carbonyl (C=O) groups is 1. The van der Waals surface area contributed by atoms with Gasteiger partial charge in [-0.25, -0.2) is 4.98 Å². The van der Waals surface area contributed by atoms with E-state index >= 15 is 0 Å². The SMILES string of the molecule is CCCNC(=O)c1cccc(CNC(=NC)NCc2nc(C)c(C)s2)c1.I. The quantitative estimate of drug-likeness (QED) is 0.309. The lowest BCUT2D eigenvalue weighted by Gasteiger charge is -2.12. The summed E-state index contributed by atoms with van der Waals surface area (Å²) in [7, 11) is 1.74. The molecule has 0 bridgehead atoms. The third-order valence-corrected chi connectivity index (χ3v) is 4.96. The minimum absolute atomic E-state index is 0. The van der Waals surface area contributed by atoms with Crippen LogP contribution in [0.2, 0.25) is 0 Å². The van der Waals surface area contributed by atoms with Crippen molar-refractivity contribution in [2.24, 2.45) is 4.99 Å². The predicted octanol–water partition coefficient (Wildman–Crippen LogP) is 3.38. The normalized spacial score (nSPS) is 10.9. The number of guanidine groups is 1. The second kappa shape index (κ2) is 11.9. The van der Waals surface area contributed by atoms with Gasteiger partial charge in [-0.15, -0.1) is 35.3 Å². The van der Waals surface area contributed by atoms with Crippen LogP contribution in [0.3, 0.4) is 0 Å². The second-order valence-electron chi connectivity index (χ2n) is 5.98. The lowest BCUT2D eigenvalue weighted by Crippen LogP contribution is -2.36. The highest BCUT2D eigenvalue weighted by Crippen LogP contribution is 2.15. The molecule has 1 heterocycles. The van der Waals surface area contributed by atoms with E-state index in [1.54, 1.807) is 18.4 Å². The van der Waals surface area contributed by atoms with Gasteiger partial charge in [0.1, 0.15) is 5.01 Å². The lowest BCUT2D eigenvalue weighted by molar-refractivity contribution is 0.0953. The summed E-state index contributed by atoms with van der Waals surface area (Å²) < 4.78 is 0. The van der Waals surface area contributed by atoms with Crippen LogP contribution in [0, 0.1) is 13.8 Å². The number of halogens is 1. The minimum Gasteiger partial charge on any atom is -0.352 e. The van der Waals surface area contributed by atoms with E-state index in [0.29, 0.717) is 31.2 Å². The molecular formula is C19H28IN5OS. The number of aromatic nitrogens is 1. The van der Waals surface area contributed by atoms with Crippen LogP contribution in [0.4, 0.5) is 0 Å². The topological polar surface area (TPSA) is 78.4 Å². The fraction of sp³-hybridized carbons (Fsp3) is 0.421. The van der Waals surface area contributed by atoms with Crippen molar-refractivity contribution in [3.63, 3.8) is 0 Å². The summed E-state index contributed by atoms with van der Waals surface area (Å²) >= 11 is 1.69. The molecular weight excluding hydrogens is 473 g/mol. The Morgan fingerprint density at radius 1 is 1.19 bits per heavy atom. The summed E-state index contributed by atoms with van der Waals surface area (Å²) in [5.74, 6) is 0.669. The van der Waals surface area contributed by atoms with Gasteiger partial charge in [0.15, 0.2) is 5.96 Å². The average molecular weight is 501 g/mol. The summed E-state index contributed by atoms with van der Waals surface area (Å²) in [6.45, 7) is 8.05. The van der Waals surface area contributed by atoms with Gasteiger partial charge >= 0.3 is 0 Å². The molecule has 2 rings (SSSR count). The van der Waals surface area contributed by atoms with Gasteiger partial charge in [-0.3, -0.25) is 9.79 Å². The number of carbonyl (C=O) groups excluding carboxylic acids is 1. The first kappa shape index (κ1) is 23.4. The number of thiazole rings is 1. The highest BCUT2D eigenvalue weighted by molar-refractivity contribution is 14.0. The van der Waals surface area contributed by atoms with Gasteiger partial charge in [0, 0.05) is 30.6 Å². The smallest absolute Gasteiger partial charge is 0.251 e. The van der Waals surface area contributed by atoms with Crippen LogP contribution in [-0.2, 0) is 13.1 Å². The van der Waals surface area contributed by atoms with Crippen LogP contribution in [0.15, 0.2) is 29.3 Å². The third-order valence-electron chi connectivity index (χ3n) is 3.89. The fourth-order valence-electron chi connectivity index (χ4n) is 2.34. The largest absolute Gasteiger partial charge is 0.352 e. The molecule has 0 saturated heterocycles. The van der Waals surface area contributed by atoms with E-state index in [2.05, 4.69) is 32.9 Å². The van der Waals surface area contributed by atoms with Crippen molar-refractivity contribution in [3.05, 3.63) is 51.0 Å². The highest BCUT2D eigenvalue weighted by atomic mass is 127. The van der Waals surface area contributed by atoms with Crippen molar-refractivity contribution in [1.29, 1.82) is 0 Å². The molecule has 0 fully saturated rings. The summed E-state index contributed by atoms with van der Waals surface area (Å²) in [6.07, 6.45) is 0.924. The molecule has 0 radical (unpaired) electrons. The molecule has 0 saturated carbocycles. The van der Waals surface area contributed by atoms with Crippen molar-refractivity contribution < 1.29 is 4.79 Å². The van der Waals surface area contributed by atoms with Gasteiger partial charge in [-0.2, -0.15) is 0 Å². The van der Waals surface area contributed by atoms with Gasteiger partial charge in [0.2, 0.25) is 0 Å². The average Bonchev–Trinajstić information content (AvgIpc) is 2.97. The van der Waals surface area contributed by atoms with Gasteiger partial charge < -0.3 is 16.0 Å². The van der Waals surface area contributed by atoms with E-state index < -0.39 is 0 Å². The first-order valence-electron chi connectivity index (χ1n) is 8.78.